The van der Waals surface area contributed by atoms with Crippen molar-refractivity contribution in [3.8, 4) is 5.75 Å². The molecule has 0 aliphatic rings. The summed E-state index contributed by atoms with van der Waals surface area (Å²) in [5.41, 5.74) is 0.421. The van der Waals surface area contributed by atoms with Crippen LogP contribution in [0.25, 0.3) is 0 Å². The minimum Gasteiger partial charge on any atom is -0.491 e. The molecule has 1 aromatic carbocycles. The highest BCUT2D eigenvalue weighted by Gasteiger charge is 2.17. The van der Waals surface area contributed by atoms with Crippen LogP contribution in [0.4, 0.5) is 0 Å². The van der Waals surface area contributed by atoms with Crippen LogP contribution in [0.15, 0.2) is 24.3 Å². The van der Waals surface area contributed by atoms with E-state index in [4.69, 9.17) is 4.74 Å². The quantitative estimate of drug-likeness (QED) is 0.785. The second kappa shape index (κ2) is 6.89. The molecule has 2 N–H and O–H groups in total. The van der Waals surface area contributed by atoms with Gasteiger partial charge in [0.25, 0.3) is 0 Å². The number of rotatable bonds is 7. The third-order valence-corrected chi connectivity index (χ3v) is 2.64. The van der Waals surface area contributed by atoms with Crippen molar-refractivity contribution < 1.29 is 14.9 Å². The monoisotopic (exact) mass is 267 g/mol. The number of hydrogen-bond donors (Lipinski definition) is 2. The fraction of sp³-hybridized carbons (Fsp3) is 0.600. The summed E-state index contributed by atoms with van der Waals surface area (Å²) in [6, 6.07) is 7.73. The van der Waals surface area contributed by atoms with E-state index in [0.29, 0.717) is 13.1 Å². The topological polar surface area (TPSA) is 52.9 Å². The Hall–Kier alpha value is -1.10. The summed E-state index contributed by atoms with van der Waals surface area (Å²) < 4.78 is 5.51. The van der Waals surface area contributed by atoms with Gasteiger partial charge < -0.3 is 19.8 Å². The van der Waals surface area contributed by atoms with E-state index in [-0.39, 0.29) is 6.61 Å². The zero-order valence-electron chi connectivity index (χ0n) is 12.3. The third-order valence-electron chi connectivity index (χ3n) is 2.64. The van der Waals surface area contributed by atoms with Gasteiger partial charge in [0.05, 0.1) is 5.60 Å². The van der Waals surface area contributed by atoms with E-state index in [2.05, 4.69) is 0 Å². The number of aliphatic hydroxyl groups is 2. The number of aliphatic hydroxyl groups excluding tert-OH is 1. The van der Waals surface area contributed by atoms with Gasteiger partial charge in [-0.05, 0) is 40.0 Å². The molecule has 0 aromatic heterocycles. The molecule has 0 bridgehead atoms. The Labute approximate surface area is 115 Å². The van der Waals surface area contributed by atoms with Crippen molar-refractivity contribution in [2.24, 2.45) is 0 Å². The average Bonchev–Trinajstić information content (AvgIpc) is 2.25. The van der Waals surface area contributed by atoms with Crippen molar-refractivity contribution in [1.82, 2.24) is 4.90 Å². The van der Waals surface area contributed by atoms with Crippen LogP contribution in [0.3, 0.4) is 0 Å². The highest BCUT2D eigenvalue weighted by Crippen LogP contribution is 2.12. The Balaban J connectivity index is 2.31. The number of nitrogens with zero attached hydrogens (tertiary/aromatic N) is 1. The number of likely N-dealkylation sites (N-methyl/N-ethyl adjacent to an activating group) is 1. The Kier molecular flexibility index (Phi) is 5.79. The molecule has 4 nitrogen and oxygen atoms in total. The molecule has 1 rings (SSSR count). The van der Waals surface area contributed by atoms with Gasteiger partial charge in [-0.25, -0.2) is 0 Å². The fourth-order valence-corrected chi connectivity index (χ4v) is 1.96. The molecule has 0 saturated heterocycles. The normalized spacial score (nSPS) is 13.6. The lowest BCUT2D eigenvalue weighted by atomic mass is 10.1. The maximum absolute atomic E-state index is 9.88. The molecule has 4 heteroatoms. The van der Waals surface area contributed by atoms with Gasteiger partial charge in [0.2, 0.25) is 0 Å². The first-order valence-electron chi connectivity index (χ1n) is 6.55. The number of hydrogen-bond acceptors (Lipinski definition) is 4. The van der Waals surface area contributed by atoms with E-state index in [1.54, 1.807) is 13.8 Å². The largest absolute Gasteiger partial charge is 0.491 e. The summed E-state index contributed by atoms with van der Waals surface area (Å²) in [5, 5.41) is 19.6. The molecule has 0 saturated carbocycles. The van der Waals surface area contributed by atoms with Gasteiger partial charge in [-0.3, -0.25) is 0 Å². The van der Waals surface area contributed by atoms with Crippen LogP contribution in [-0.4, -0.2) is 53.6 Å². The van der Waals surface area contributed by atoms with Gasteiger partial charge in [-0.15, -0.1) is 0 Å². The third kappa shape index (κ3) is 7.15. The molecular weight excluding hydrogens is 242 g/mol. The molecule has 1 aromatic rings. The maximum Gasteiger partial charge on any atom is 0.119 e. The van der Waals surface area contributed by atoms with Crippen molar-refractivity contribution in [2.45, 2.75) is 32.5 Å². The van der Waals surface area contributed by atoms with Crippen molar-refractivity contribution in [2.75, 3.05) is 26.7 Å². The second-order valence-corrected chi connectivity index (χ2v) is 5.79. The summed E-state index contributed by atoms with van der Waals surface area (Å²) >= 11 is 0. The first-order chi connectivity index (χ1) is 8.76. The van der Waals surface area contributed by atoms with Crippen molar-refractivity contribution in [3.63, 3.8) is 0 Å². The summed E-state index contributed by atoms with van der Waals surface area (Å²) in [5.74, 6) is 0.759. The highest BCUT2D eigenvalue weighted by atomic mass is 16.5. The zero-order valence-corrected chi connectivity index (χ0v) is 12.3. The van der Waals surface area contributed by atoms with Gasteiger partial charge in [0.15, 0.2) is 0 Å². The molecule has 0 amide bonds. The smallest absolute Gasteiger partial charge is 0.119 e. The predicted molar refractivity (Wildman–Crippen MR) is 76.5 cm³/mol. The van der Waals surface area contributed by atoms with E-state index in [0.717, 1.165) is 5.75 Å². The summed E-state index contributed by atoms with van der Waals surface area (Å²) in [6.07, 6.45) is -0.575. The summed E-state index contributed by atoms with van der Waals surface area (Å²) in [7, 11) is 1.87. The molecular formula is C15H25NO3. The van der Waals surface area contributed by atoms with Crippen LogP contribution in [-0.2, 0) is 0 Å². The van der Waals surface area contributed by atoms with Crippen LogP contribution in [0.2, 0.25) is 0 Å². The molecule has 0 heterocycles. The van der Waals surface area contributed by atoms with Crippen LogP contribution in [0.1, 0.15) is 19.4 Å². The minimum atomic E-state index is -0.758. The van der Waals surface area contributed by atoms with Gasteiger partial charge >= 0.3 is 0 Å². The van der Waals surface area contributed by atoms with Crippen LogP contribution < -0.4 is 4.74 Å². The van der Waals surface area contributed by atoms with E-state index >= 15 is 0 Å². The van der Waals surface area contributed by atoms with E-state index in [1.807, 2.05) is 43.1 Å². The Bertz CT molecular complexity index is 370. The predicted octanol–water partition coefficient (Wildman–Crippen LogP) is 1.44. The van der Waals surface area contributed by atoms with Gasteiger partial charge in [0, 0.05) is 13.1 Å². The molecule has 1 unspecified atom stereocenters. The lowest BCUT2D eigenvalue weighted by Gasteiger charge is -2.27. The average molecular weight is 267 g/mol. The second-order valence-electron chi connectivity index (χ2n) is 5.79. The van der Waals surface area contributed by atoms with Gasteiger partial charge in [0.1, 0.15) is 18.5 Å². The molecule has 108 valence electrons. The zero-order chi connectivity index (χ0) is 14.5. The maximum atomic E-state index is 9.88. The van der Waals surface area contributed by atoms with Crippen LogP contribution in [0.5, 0.6) is 5.75 Å². The van der Waals surface area contributed by atoms with E-state index < -0.39 is 11.7 Å². The SMILES string of the molecule is Cc1ccc(OCC(O)CN(C)CC(C)(C)O)cc1. The van der Waals surface area contributed by atoms with Crippen molar-refractivity contribution >= 4 is 0 Å². The van der Waals surface area contributed by atoms with E-state index in [9.17, 15) is 10.2 Å². The number of benzene rings is 1. The number of ether oxygens (including phenoxy) is 1. The Morgan fingerprint density at radius 2 is 1.84 bits per heavy atom. The Morgan fingerprint density at radius 1 is 1.26 bits per heavy atom. The molecule has 0 fully saturated rings. The van der Waals surface area contributed by atoms with Gasteiger partial charge in [-0.2, -0.15) is 0 Å². The lowest BCUT2D eigenvalue weighted by Crippen LogP contribution is -2.41. The fourth-order valence-electron chi connectivity index (χ4n) is 1.96. The molecule has 0 spiro atoms. The van der Waals surface area contributed by atoms with Crippen molar-refractivity contribution in [1.29, 1.82) is 0 Å². The van der Waals surface area contributed by atoms with Crippen LogP contribution >= 0.6 is 0 Å². The van der Waals surface area contributed by atoms with Gasteiger partial charge in [-0.1, -0.05) is 17.7 Å². The number of aryl methyl sites for hydroxylation is 1. The lowest BCUT2D eigenvalue weighted by molar-refractivity contribution is 0.0194. The Morgan fingerprint density at radius 3 is 2.37 bits per heavy atom. The summed E-state index contributed by atoms with van der Waals surface area (Å²) in [4.78, 5) is 1.89. The molecule has 19 heavy (non-hydrogen) atoms. The molecule has 1 atom stereocenters. The highest BCUT2D eigenvalue weighted by molar-refractivity contribution is 5.26. The standard InChI is InChI=1S/C15H25NO3/c1-12-5-7-14(8-6-12)19-10-13(17)9-16(4)11-15(2,3)18/h5-8,13,17-18H,9-11H2,1-4H3. The minimum absolute atomic E-state index is 0.249. The first-order valence-corrected chi connectivity index (χ1v) is 6.55. The first kappa shape index (κ1) is 16.0. The summed E-state index contributed by atoms with van der Waals surface area (Å²) in [6.45, 7) is 6.74. The molecule has 0 aliphatic carbocycles. The van der Waals surface area contributed by atoms with Crippen molar-refractivity contribution in [3.05, 3.63) is 29.8 Å². The van der Waals surface area contributed by atoms with E-state index in [1.165, 1.54) is 5.56 Å². The van der Waals surface area contributed by atoms with Crippen LogP contribution in [0, 0.1) is 6.92 Å². The molecule has 0 radical (unpaired) electrons. The molecule has 0 aliphatic heterocycles.